The first kappa shape index (κ1) is 24.2. The smallest absolute Gasteiger partial charge is 0.343 e. The van der Waals surface area contributed by atoms with Crippen molar-refractivity contribution in [3.63, 3.8) is 0 Å². The molecule has 1 saturated carbocycles. The largest absolute Gasteiger partial charge is 0.494 e. The number of esters is 1. The van der Waals surface area contributed by atoms with Crippen LogP contribution < -0.4 is 20.2 Å². The van der Waals surface area contributed by atoms with E-state index in [4.69, 9.17) is 21.7 Å². The van der Waals surface area contributed by atoms with Gasteiger partial charge < -0.3 is 14.8 Å². The van der Waals surface area contributed by atoms with Crippen molar-refractivity contribution in [2.24, 2.45) is 5.10 Å². The zero-order chi connectivity index (χ0) is 22.8. The van der Waals surface area contributed by atoms with Gasteiger partial charge in [-0.1, -0.05) is 42.1 Å². The Labute approximate surface area is 202 Å². The second-order valence-electron chi connectivity index (χ2n) is 7.62. The summed E-state index contributed by atoms with van der Waals surface area (Å²) in [6.45, 7) is 2.68. The lowest BCUT2D eigenvalue weighted by Crippen LogP contribution is -2.40. The third-order valence-electron chi connectivity index (χ3n) is 5.05. The van der Waals surface area contributed by atoms with Crippen molar-refractivity contribution >= 4 is 45.4 Å². The molecule has 170 valence electrons. The molecule has 0 radical (unpaired) electrons. The number of hydrazone groups is 1. The molecule has 1 aliphatic carbocycles. The monoisotopic (exact) mass is 517 g/mol. The van der Waals surface area contributed by atoms with E-state index in [0.29, 0.717) is 34.6 Å². The Hall–Kier alpha value is -2.45. The first-order valence-corrected chi connectivity index (χ1v) is 12.1. The minimum absolute atomic E-state index is 0.403. The summed E-state index contributed by atoms with van der Waals surface area (Å²) in [5.41, 5.74) is 3.94. The number of nitrogens with zero attached hydrogens (tertiary/aromatic N) is 1. The van der Waals surface area contributed by atoms with E-state index in [-0.39, 0.29) is 0 Å². The van der Waals surface area contributed by atoms with Crippen molar-refractivity contribution in [3.05, 3.63) is 58.1 Å². The normalized spacial score (nSPS) is 14.2. The molecular formula is C24H28BrN3O3S. The molecule has 6 nitrogen and oxygen atoms in total. The van der Waals surface area contributed by atoms with E-state index in [0.717, 1.165) is 29.5 Å². The van der Waals surface area contributed by atoms with Gasteiger partial charge in [0.15, 0.2) is 5.11 Å². The van der Waals surface area contributed by atoms with Crippen LogP contribution in [0.15, 0.2) is 52.0 Å². The molecule has 0 aliphatic heterocycles. The van der Waals surface area contributed by atoms with Gasteiger partial charge in [-0.25, -0.2) is 4.79 Å². The quantitative estimate of drug-likeness (QED) is 0.156. The van der Waals surface area contributed by atoms with Crippen molar-refractivity contribution in [2.75, 3.05) is 6.61 Å². The molecule has 0 unspecified atom stereocenters. The molecule has 0 saturated heterocycles. The summed E-state index contributed by atoms with van der Waals surface area (Å²) in [5.74, 6) is 0.677. The van der Waals surface area contributed by atoms with Crippen LogP contribution >= 0.6 is 28.1 Å². The minimum Gasteiger partial charge on any atom is -0.494 e. The Bertz CT molecular complexity index is 944. The highest BCUT2D eigenvalue weighted by atomic mass is 79.9. The highest BCUT2D eigenvalue weighted by molar-refractivity contribution is 9.10. The topological polar surface area (TPSA) is 72.0 Å². The number of carbonyl (C=O) groups is 1. The highest BCUT2D eigenvalue weighted by Gasteiger charge is 2.14. The fourth-order valence-electron chi connectivity index (χ4n) is 3.40. The molecule has 0 aromatic heterocycles. The predicted octanol–water partition coefficient (Wildman–Crippen LogP) is 5.59. The average Bonchev–Trinajstić information content (AvgIpc) is 2.80. The van der Waals surface area contributed by atoms with Crippen molar-refractivity contribution in [3.8, 4) is 11.5 Å². The van der Waals surface area contributed by atoms with Gasteiger partial charge in [0.25, 0.3) is 0 Å². The highest BCUT2D eigenvalue weighted by Crippen LogP contribution is 2.23. The van der Waals surface area contributed by atoms with Crippen LogP contribution in [0.25, 0.3) is 0 Å². The van der Waals surface area contributed by atoms with Crippen molar-refractivity contribution in [1.29, 1.82) is 0 Å². The van der Waals surface area contributed by atoms with E-state index >= 15 is 0 Å². The van der Waals surface area contributed by atoms with Gasteiger partial charge in [0.05, 0.1) is 18.4 Å². The number of benzene rings is 2. The summed E-state index contributed by atoms with van der Waals surface area (Å²) >= 11 is 8.79. The van der Waals surface area contributed by atoms with Crippen LogP contribution in [0.4, 0.5) is 0 Å². The number of nitrogens with one attached hydrogen (secondary N) is 2. The minimum atomic E-state index is -0.452. The molecule has 1 fully saturated rings. The molecule has 0 bridgehead atoms. The first-order valence-electron chi connectivity index (χ1n) is 10.9. The second kappa shape index (κ2) is 12.6. The molecule has 2 aromatic carbocycles. The maximum atomic E-state index is 12.6. The third kappa shape index (κ3) is 7.60. The van der Waals surface area contributed by atoms with Crippen LogP contribution in [-0.4, -0.2) is 29.9 Å². The number of hydrogen-bond acceptors (Lipinski definition) is 5. The van der Waals surface area contributed by atoms with E-state index in [1.54, 1.807) is 36.5 Å². The van der Waals surface area contributed by atoms with Gasteiger partial charge in [0.2, 0.25) is 0 Å². The molecule has 0 atom stereocenters. The fourth-order valence-corrected chi connectivity index (χ4v) is 4.00. The van der Waals surface area contributed by atoms with Crippen molar-refractivity contribution < 1.29 is 14.3 Å². The molecule has 0 spiro atoms. The first-order chi connectivity index (χ1) is 15.5. The number of halogens is 1. The molecule has 2 aromatic rings. The van der Waals surface area contributed by atoms with E-state index in [2.05, 4.69) is 31.8 Å². The van der Waals surface area contributed by atoms with Crippen LogP contribution in [-0.2, 0) is 0 Å². The zero-order valence-electron chi connectivity index (χ0n) is 18.1. The lowest BCUT2D eigenvalue weighted by atomic mass is 9.96. The van der Waals surface area contributed by atoms with Crippen LogP contribution in [0.5, 0.6) is 11.5 Å². The molecule has 8 heteroatoms. The second-order valence-corrected chi connectivity index (χ2v) is 8.95. The SMILES string of the molecule is CCCOc1ccc(C(=O)Oc2ccc(Br)cc2/C=N/NC(=S)NC2CCCCC2)cc1. The van der Waals surface area contributed by atoms with Crippen LogP contribution in [0.2, 0.25) is 0 Å². The zero-order valence-corrected chi connectivity index (χ0v) is 20.5. The maximum Gasteiger partial charge on any atom is 0.343 e. The molecular weight excluding hydrogens is 490 g/mol. The van der Waals surface area contributed by atoms with Gasteiger partial charge in [0.1, 0.15) is 11.5 Å². The number of rotatable bonds is 8. The summed E-state index contributed by atoms with van der Waals surface area (Å²) in [7, 11) is 0. The molecule has 3 rings (SSSR count). The van der Waals surface area contributed by atoms with E-state index in [9.17, 15) is 4.79 Å². The molecule has 1 aliphatic rings. The lowest BCUT2D eigenvalue weighted by molar-refractivity contribution is 0.0734. The predicted molar refractivity (Wildman–Crippen MR) is 135 cm³/mol. The van der Waals surface area contributed by atoms with Gasteiger partial charge in [-0.15, -0.1) is 0 Å². The number of hydrogen-bond donors (Lipinski definition) is 2. The lowest BCUT2D eigenvalue weighted by Gasteiger charge is -2.23. The van der Waals surface area contributed by atoms with Gasteiger partial charge >= 0.3 is 5.97 Å². The number of carbonyl (C=O) groups excluding carboxylic acids is 1. The Balaban J connectivity index is 1.60. The maximum absolute atomic E-state index is 12.6. The van der Waals surface area contributed by atoms with Crippen LogP contribution in [0.1, 0.15) is 61.4 Å². The van der Waals surface area contributed by atoms with Gasteiger partial charge in [-0.3, -0.25) is 5.43 Å². The summed E-state index contributed by atoms with van der Waals surface area (Å²) < 4.78 is 12.0. The molecule has 0 heterocycles. The summed E-state index contributed by atoms with van der Waals surface area (Å²) in [4.78, 5) is 12.6. The summed E-state index contributed by atoms with van der Waals surface area (Å²) in [5, 5.41) is 8.02. The van der Waals surface area contributed by atoms with E-state index in [1.807, 2.05) is 19.1 Å². The Morgan fingerprint density at radius 2 is 1.94 bits per heavy atom. The van der Waals surface area contributed by atoms with Gasteiger partial charge in [0, 0.05) is 16.1 Å². The number of thiocarbonyl (C=S) groups is 1. The fraction of sp³-hybridized carbons (Fsp3) is 0.375. The van der Waals surface area contributed by atoms with Crippen molar-refractivity contribution in [1.82, 2.24) is 10.7 Å². The number of ether oxygens (including phenoxy) is 2. The van der Waals surface area contributed by atoms with E-state index < -0.39 is 5.97 Å². The Kier molecular flexibility index (Phi) is 9.49. The van der Waals surface area contributed by atoms with Crippen molar-refractivity contribution in [2.45, 2.75) is 51.5 Å². The molecule has 2 N–H and O–H groups in total. The van der Waals surface area contributed by atoms with Crippen LogP contribution in [0, 0.1) is 0 Å². The molecule has 32 heavy (non-hydrogen) atoms. The standard InChI is InChI=1S/C24H28BrN3O3S/c1-2-14-30-21-11-8-17(9-12-21)23(29)31-22-13-10-19(25)15-18(22)16-26-28-24(32)27-20-6-4-3-5-7-20/h8-13,15-16,20H,2-7,14H2,1H3,(H2,27,28,32)/b26-16+. The summed E-state index contributed by atoms with van der Waals surface area (Å²) in [6.07, 6.45) is 8.51. The molecule has 0 amide bonds. The van der Waals surface area contributed by atoms with Gasteiger partial charge in [-0.05, 0) is 73.9 Å². The summed E-state index contributed by atoms with van der Waals surface area (Å²) in [6, 6.07) is 12.7. The third-order valence-corrected chi connectivity index (χ3v) is 5.75. The Morgan fingerprint density at radius 1 is 1.19 bits per heavy atom. The van der Waals surface area contributed by atoms with Crippen LogP contribution in [0.3, 0.4) is 0 Å². The van der Waals surface area contributed by atoms with E-state index in [1.165, 1.54) is 19.3 Å². The average molecular weight is 518 g/mol. The van der Waals surface area contributed by atoms with Gasteiger partial charge in [-0.2, -0.15) is 5.10 Å². The Morgan fingerprint density at radius 3 is 2.66 bits per heavy atom.